The topological polar surface area (TPSA) is 75.7 Å². The Morgan fingerprint density at radius 3 is 2.50 bits per heavy atom. The van der Waals surface area contributed by atoms with Crippen molar-refractivity contribution in [3.05, 3.63) is 90.0 Å². The van der Waals surface area contributed by atoms with E-state index in [4.69, 9.17) is 4.74 Å². The zero-order valence-corrected chi connectivity index (χ0v) is 18.3. The molecule has 1 aliphatic heterocycles. The first kappa shape index (κ1) is 20.6. The number of aryl methyl sites for hydroxylation is 1. The number of rotatable bonds is 4. The number of carbonyl (C=O) groups excluding carboxylic acids is 1. The van der Waals surface area contributed by atoms with Gasteiger partial charge in [0.25, 0.3) is 15.9 Å². The first-order chi connectivity index (χ1) is 15.5. The Kier molecular flexibility index (Phi) is 5.35. The number of para-hydroxylation sites is 2. The molecule has 0 saturated heterocycles. The fraction of sp³-hybridized carbons (Fsp3) is 0.240. The van der Waals surface area contributed by atoms with Crippen molar-refractivity contribution in [2.45, 2.75) is 36.3 Å². The molecule has 7 heteroatoms. The standard InChI is InChI=1S/C25H24N2O4S/c28-25(26-21-14-8-10-18-9-4-5-13-20(18)21)24-17-27(22-15-6-7-16-23(22)31-24)32(29,30)19-11-2-1-3-12-19/h1-7,9,11-13,15-16,21,24H,8,10,14,17H2,(H,26,28)/t21-,24+/m1/s1. The van der Waals surface area contributed by atoms with E-state index in [1.54, 1.807) is 54.6 Å². The lowest BCUT2D eigenvalue weighted by Crippen LogP contribution is -2.51. The molecule has 0 aromatic heterocycles. The third-order valence-electron chi connectivity index (χ3n) is 6.04. The smallest absolute Gasteiger partial charge is 0.264 e. The van der Waals surface area contributed by atoms with Gasteiger partial charge in [0.05, 0.1) is 23.2 Å². The van der Waals surface area contributed by atoms with Crippen LogP contribution in [0.4, 0.5) is 5.69 Å². The number of nitrogens with zero attached hydrogens (tertiary/aromatic N) is 1. The summed E-state index contributed by atoms with van der Waals surface area (Å²) < 4.78 is 34.1. The molecule has 0 saturated carbocycles. The minimum Gasteiger partial charge on any atom is -0.476 e. The van der Waals surface area contributed by atoms with E-state index in [2.05, 4.69) is 11.4 Å². The third-order valence-corrected chi connectivity index (χ3v) is 7.84. The van der Waals surface area contributed by atoms with Crippen molar-refractivity contribution in [2.24, 2.45) is 0 Å². The molecular formula is C25H24N2O4S. The van der Waals surface area contributed by atoms with E-state index >= 15 is 0 Å². The predicted molar refractivity (Wildman–Crippen MR) is 122 cm³/mol. The molecule has 3 aromatic rings. The Morgan fingerprint density at radius 1 is 0.938 bits per heavy atom. The van der Waals surface area contributed by atoms with Gasteiger partial charge in [0.1, 0.15) is 5.75 Å². The highest BCUT2D eigenvalue weighted by Crippen LogP contribution is 2.37. The second-order valence-electron chi connectivity index (χ2n) is 8.08. The van der Waals surface area contributed by atoms with Gasteiger partial charge in [0, 0.05) is 0 Å². The number of benzene rings is 3. The molecule has 0 fully saturated rings. The third kappa shape index (κ3) is 3.73. The fourth-order valence-electron chi connectivity index (χ4n) is 4.45. The van der Waals surface area contributed by atoms with Crippen LogP contribution in [-0.4, -0.2) is 27.0 Å². The molecule has 1 N–H and O–H groups in total. The van der Waals surface area contributed by atoms with Crippen LogP contribution in [0.5, 0.6) is 5.75 Å². The summed E-state index contributed by atoms with van der Waals surface area (Å²) in [5, 5.41) is 3.10. The summed E-state index contributed by atoms with van der Waals surface area (Å²) in [5.74, 6) is 0.0666. The molecule has 1 heterocycles. The maximum absolute atomic E-state index is 13.4. The summed E-state index contributed by atoms with van der Waals surface area (Å²) in [6.07, 6.45) is 1.89. The van der Waals surface area contributed by atoms with Crippen LogP contribution < -0.4 is 14.4 Å². The molecule has 32 heavy (non-hydrogen) atoms. The van der Waals surface area contributed by atoms with E-state index < -0.39 is 16.1 Å². The molecule has 164 valence electrons. The second kappa shape index (κ2) is 8.31. The van der Waals surface area contributed by atoms with Gasteiger partial charge in [-0.05, 0) is 54.7 Å². The SMILES string of the molecule is O=C(N[C@@H]1CCCc2ccccc21)[C@@H]1CN(S(=O)(=O)c2ccccc2)c2ccccc2O1. The van der Waals surface area contributed by atoms with Crippen LogP contribution >= 0.6 is 0 Å². The number of anilines is 1. The Labute approximate surface area is 187 Å². The van der Waals surface area contributed by atoms with Crippen molar-refractivity contribution in [2.75, 3.05) is 10.8 Å². The van der Waals surface area contributed by atoms with Crippen LogP contribution in [0.25, 0.3) is 0 Å². The maximum atomic E-state index is 13.4. The van der Waals surface area contributed by atoms with Gasteiger partial charge in [0.15, 0.2) is 6.10 Å². The largest absolute Gasteiger partial charge is 0.476 e. The lowest BCUT2D eigenvalue weighted by molar-refractivity contribution is -0.128. The van der Waals surface area contributed by atoms with E-state index in [-0.39, 0.29) is 23.4 Å². The predicted octanol–water partition coefficient (Wildman–Crippen LogP) is 3.84. The molecule has 0 spiro atoms. The van der Waals surface area contributed by atoms with Crippen LogP contribution in [0.2, 0.25) is 0 Å². The van der Waals surface area contributed by atoms with Crippen LogP contribution in [-0.2, 0) is 21.2 Å². The van der Waals surface area contributed by atoms with Gasteiger partial charge >= 0.3 is 0 Å². The Morgan fingerprint density at radius 2 is 1.66 bits per heavy atom. The monoisotopic (exact) mass is 448 g/mol. The Hall–Kier alpha value is -3.32. The molecule has 1 aliphatic carbocycles. The number of hydrogen-bond donors (Lipinski definition) is 1. The van der Waals surface area contributed by atoms with Crippen LogP contribution in [0, 0.1) is 0 Å². The number of fused-ring (bicyclic) bond motifs is 2. The zero-order valence-electron chi connectivity index (χ0n) is 17.5. The molecule has 3 aromatic carbocycles. The average Bonchev–Trinajstić information content (AvgIpc) is 2.84. The minimum atomic E-state index is -3.85. The molecule has 0 bridgehead atoms. The van der Waals surface area contributed by atoms with Gasteiger partial charge in [0.2, 0.25) is 0 Å². The summed E-state index contributed by atoms with van der Waals surface area (Å²) in [6, 6.07) is 23.2. The highest BCUT2D eigenvalue weighted by Gasteiger charge is 2.38. The van der Waals surface area contributed by atoms with Crippen molar-refractivity contribution in [1.29, 1.82) is 0 Å². The van der Waals surface area contributed by atoms with Crippen molar-refractivity contribution >= 4 is 21.6 Å². The van der Waals surface area contributed by atoms with Gasteiger partial charge < -0.3 is 10.1 Å². The van der Waals surface area contributed by atoms with E-state index in [0.717, 1.165) is 24.8 Å². The summed E-state index contributed by atoms with van der Waals surface area (Å²) in [7, 11) is -3.85. The lowest BCUT2D eigenvalue weighted by Gasteiger charge is -2.35. The molecular weight excluding hydrogens is 424 g/mol. The highest BCUT2D eigenvalue weighted by atomic mass is 32.2. The van der Waals surface area contributed by atoms with Crippen LogP contribution in [0.1, 0.15) is 30.0 Å². The Balaban J connectivity index is 1.44. The minimum absolute atomic E-state index is 0.0888. The number of nitrogens with one attached hydrogen (secondary N) is 1. The van der Waals surface area contributed by atoms with Gasteiger partial charge in [-0.25, -0.2) is 8.42 Å². The first-order valence-electron chi connectivity index (χ1n) is 10.8. The number of carbonyl (C=O) groups is 1. The van der Waals surface area contributed by atoms with Crippen molar-refractivity contribution in [3.63, 3.8) is 0 Å². The number of amides is 1. The number of sulfonamides is 1. The van der Waals surface area contributed by atoms with Crippen LogP contribution in [0.3, 0.4) is 0 Å². The lowest BCUT2D eigenvalue weighted by atomic mass is 9.87. The summed E-state index contributed by atoms with van der Waals surface area (Å²) >= 11 is 0. The van der Waals surface area contributed by atoms with E-state index in [9.17, 15) is 13.2 Å². The van der Waals surface area contributed by atoms with E-state index in [1.807, 2.05) is 18.2 Å². The quantitative estimate of drug-likeness (QED) is 0.658. The van der Waals surface area contributed by atoms with Gasteiger partial charge in [-0.2, -0.15) is 0 Å². The van der Waals surface area contributed by atoms with Gasteiger partial charge in [-0.15, -0.1) is 0 Å². The fourth-order valence-corrected chi connectivity index (χ4v) is 5.95. The zero-order chi connectivity index (χ0) is 22.1. The molecule has 2 aliphatic rings. The molecule has 6 nitrogen and oxygen atoms in total. The Bertz CT molecular complexity index is 1240. The summed E-state index contributed by atoms with van der Waals surface area (Å²) in [6.45, 7) is -0.0888. The van der Waals surface area contributed by atoms with Crippen molar-refractivity contribution in [3.8, 4) is 5.75 Å². The first-order valence-corrected chi connectivity index (χ1v) is 12.2. The van der Waals surface area contributed by atoms with Crippen molar-refractivity contribution < 1.29 is 17.9 Å². The van der Waals surface area contributed by atoms with Gasteiger partial charge in [-0.1, -0.05) is 54.6 Å². The molecule has 0 unspecified atom stereocenters. The molecule has 2 atom stereocenters. The summed E-state index contributed by atoms with van der Waals surface area (Å²) in [5.41, 5.74) is 2.80. The average molecular weight is 449 g/mol. The highest BCUT2D eigenvalue weighted by molar-refractivity contribution is 7.92. The maximum Gasteiger partial charge on any atom is 0.264 e. The van der Waals surface area contributed by atoms with Gasteiger partial charge in [-0.3, -0.25) is 9.10 Å². The van der Waals surface area contributed by atoms with E-state index in [0.29, 0.717) is 11.4 Å². The molecule has 1 amide bonds. The summed E-state index contributed by atoms with van der Waals surface area (Å²) in [4.78, 5) is 13.4. The van der Waals surface area contributed by atoms with Crippen molar-refractivity contribution in [1.82, 2.24) is 5.32 Å². The number of ether oxygens (including phenoxy) is 1. The van der Waals surface area contributed by atoms with E-state index in [1.165, 1.54) is 9.87 Å². The molecule has 5 rings (SSSR count). The second-order valence-corrected chi connectivity index (χ2v) is 9.94. The van der Waals surface area contributed by atoms with Crippen LogP contribution in [0.15, 0.2) is 83.8 Å². The molecule has 0 radical (unpaired) electrons. The normalized spacial score (nSPS) is 19.9. The number of hydrogen-bond acceptors (Lipinski definition) is 4.